The molecule has 1 saturated carbocycles. The summed E-state index contributed by atoms with van der Waals surface area (Å²) in [6, 6.07) is 0.0948. The quantitative estimate of drug-likeness (QED) is 0.734. The zero-order valence-corrected chi connectivity index (χ0v) is 9.18. The first-order chi connectivity index (χ1) is 6.67. The maximum absolute atomic E-state index is 12.0. The van der Waals surface area contributed by atoms with Gasteiger partial charge in [-0.15, -0.1) is 0 Å². The summed E-state index contributed by atoms with van der Waals surface area (Å²) in [4.78, 5) is 14.1. The lowest BCUT2D eigenvalue weighted by molar-refractivity contribution is -0.137. The van der Waals surface area contributed by atoms with Crippen LogP contribution in [0.25, 0.3) is 0 Å². The summed E-state index contributed by atoms with van der Waals surface area (Å²) in [6.07, 6.45) is 4.66. The van der Waals surface area contributed by atoms with Crippen LogP contribution in [-0.2, 0) is 4.79 Å². The second kappa shape index (κ2) is 3.54. The summed E-state index contributed by atoms with van der Waals surface area (Å²) in [5.74, 6) is 0.328. The Morgan fingerprint density at radius 1 is 1.57 bits per heavy atom. The van der Waals surface area contributed by atoms with Crippen molar-refractivity contribution in [3.8, 4) is 0 Å². The van der Waals surface area contributed by atoms with E-state index in [0.717, 1.165) is 19.5 Å². The van der Waals surface area contributed by atoms with Gasteiger partial charge in [-0.2, -0.15) is 0 Å². The van der Waals surface area contributed by atoms with Crippen molar-refractivity contribution in [3.05, 3.63) is 0 Å². The molecule has 1 aliphatic heterocycles. The van der Waals surface area contributed by atoms with Crippen molar-refractivity contribution < 1.29 is 4.79 Å². The van der Waals surface area contributed by atoms with Gasteiger partial charge in [0.1, 0.15) is 0 Å². The van der Waals surface area contributed by atoms with Gasteiger partial charge in [0.15, 0.2) is 0 Å². The van der Waals surface area contributed by atoms with Crippen molar-refractivity contribution in [2.75, 3.05) is 13.1 Å². The number of rotatable bonds is 3. The molecule has 3 heteroatoms. The Bertz CT molecular complexity index is 235. The SMILES string of the molecule is CCNC1CCN(C2(C)CCC2)C1=O. The van der Waals surface area contributed by atoms with Gasteiger partial charge in [-0.05, 0) is 39.2 Å². The molecule has 80 valence electrons. The third kappa shape index (κ3) is 1.44. The number of carbonyl (C=O) groups excluding carboxylic acids is 1. The fourth-order valence-electron chi connectivity index (χ4n) is 2.61. The molecule has 2 fully saturated rings. The molecule has 1 saturated heterocycles. The highest BCUT2D eigenvalue weighted by molar-refractivity contribution is 5.84. The monoisotopic (exact) mass is 196 g/mol. The third-order valence-electron chi connectivity index (χ3n) is 3.74. The van der Waals surface area contributed by atoms with Crippen LogP contribution in [0.4, 0.5) is 0 Å². The Balaban J connectivity index is 1.99. The molecule has 2 aliphatic rings. The third-order valence-corrected chi connectivity index (χ3v) is 3.74. The Labute approximate surface area is 85.8 Å². The normalized spacial score (nSPS) is 30.6. The van der Waals surface area contributed by atoms with Crippen LogP contribution in [0.2, 0.25) is 0 Å². The molecule has 0 spiro atoms. The average Bonchev–Trinajstić information content (AvgIpc) is 2.46. The van der Waals surface area contributed by atoms with Gasteiger partial charge in [0.25, 0.3) is 0 Å². The molecule has 0 aromatic heterocycles. The zero-order valence-electron chi connectivity index (χ0n) is 9.18. The van der Waals surface area contributed by atoms with Crippen molar-refractivity contribution in [3.63, 3.8) is 0 Å². The molecule has 1 heterocycles. The minimum Gasteiger partial charge on any atom is -0.336 e. The van der Waals surface area contributed by atoms with E-state index in [1.807, 2.05) is 0 Å². The second-order valence-electron chi connectivity index (χ2n) is 4.74. The number of amides is 1. The van der Waals surface area contributed by atoms with Crippen LogP contribution < -0.4 is 5.32 Å². The number of nitrogens with zero attached hydrogens (tertiary/aromatic N) is 1. The van der Waals surface area contributed by atoms with E-state index in [0.29, 0.717) is 5.91 Å². The lowest BCUT2D eigenvalue weighted by Crippen LogP contribution is -2.54. The smallest absolute Gasteiger partial charge is 0.240 e. The summed E-state index contributed by atoms with van der Waals surface area (Å²) in [6.45, 7) is 6.12. The number of carbonyl (C=O) groups is 1. The highest BCUT2D eigenvalue weighted by atomic mass is 16.2. The van der Waals surface area contributed by atoms with Gasteiger partial charge >= 0.3 is 0 Å². The first kappa shape index (κ1) is 9.97. The van der Waals surface area contributed by atoms with E-state index < -0.39 is 0 Å². The molecule has 1 unspecified atom stereocenters. The summed E-state index contributed by atoms with van der Waals surface area (Å²) in [5, 5.41) is 3.25. The number of hydrogen-bond acceptors (Lipinski definition) is 2. The van der Waals surface area contributed by atoms with Crippen LogP contribution in [0.3, 0.4) is 0 Å². The van der Waals surface area contributed by atoms with E-state index in [4.69, 9.17) is 0 Å². The fourth-order valence-corrected chi connectivity index (χ4v) is 2.61. The molecule has 14 heavy (non-hydrogen) atoms. The zero-order chi connectivity index (χ0) is 10.2. The molecule has 1 aliphatic carbocycles. The predicted molar refractivity (Wildman–Crippen MR) is 56.1 cm³/mol. The molecule has 0 aromatic carbocycles. The van der Waals surface area contributed by atoms with Gasteiger partial charge in [0.2, 0.25) is 5.91 Å². The van der Waals surface area contributed by atoms with E-state index in [9.17, 15) is 4.79 Å². The van der Waals surface area contributed by atoms with Crippen LogP contribution in [0, 0.1) is 0 Å². The fraction of sp³-hybridized carbons (Fsp3) is 0.909. The minimum absolute atomic E-state index is 0.0948. The molecule has 2 rings (SSSR count). The minimum atomic E-state index is 0.0948. The van der Waals surface area contributed by atoms with Gasteiger partial charge in [0, 0.05) is 12.1 Å². The predicted octanol–water partition coefficient (Wildman–Crippen LogP) is 1.14. The Kier molecular flexibility index (Phi) is 2.52. The standard InChI is InChI=1S/C11H20N2O/c1-3-12-9-5-8-13(10(9)14)11(2)6-4-7-11/h9,12H,3-8H2,1-2H3. The summed E-state index contributed by atoms with van der Waals surface area (Å²) < 4.78 is 0. The first-order valence-electron chi connectivity index (χ1n) is 5.72. The molecular weight excluding hydrogens is 176 g/mol. The van der Waals surface area contributed by atoms with E-state index >= 15 is 0 Å². The van der Waals surface area contributed by atoms with Crippen LogP contribution in [0.5, 0.6) is 0 Å². The lowest BCUT2D eigenvalue weighted by Gasteiger charge is -2.46. The molecule has 0 aromatic rings. The van der Waals surface area contributed by atoms with Crippen molar-refractivity contribution in [2.24, 2.45) is 0 Å². The molecule has 0 radical (unpaired) electrons. The maximum atomic E-state index is 12.0. The number of hydrogen-bond donors (Lipinski definition) is 1. The summed E-state index contributed by atoms with van der Waals surface area (Å²) in [7, 11) is 0. The Morgan fingerprint density at radius 2 is 2.29 bits per heavy atom. The highest BCUT2D eigenvalue weighted by Crippen LogP contribution is 2.39. The van der Waals surface area contributed by atoms with Crippen molar-refractivity contribution >= 4 is 5.91 Å². The molecule has 3 nitrogen and oxygen atoms in total. The molecule has 1 atom stereocenters. The second-order valence-corrected chi connectivity index (χ2v) is 4.74. The van der Waals surface area contributed by atoms with E-state index in [2.05, 4.69) is 24.1 Å². The van der Waals surface area contributed by atoms with Gasteiger partial charge in [0.05, 0.1) is 6.04 Å². The first-order valence-corrected chi connectivity index (χ1v) is 5.72. The maximum Gasteiger partial charge on any atom is 0.240 e. The van der Waals surface area contributed by atoms with E-state index in [-0.39, 0.29) is 11.6 Å². The van der Waals surface area contributed by atoms with E-state index in [1.54, 1.807) is 0 Å². The lowest BCUT2D eigenvalue weighted by atomic mass is 9.77. The van der Waals surface area contributed by atoms with Gasteiger partial charge in [-0.1, -0.05) is 6.92 Å². The van der Waals surface area contributed by atoms with Gasteiger partial charge < -0.3 is 10.2 Å². The van der Waals surface area contributed by atoms with Gasteiger partial charge in [-0.3, -0.25) is 4.79 Å². The molecule has 1 N–H and O–H groups in total. The Hall–Kier alpha value is -0.570. The number of likely N-dealkylation sites (N-methyl/N-ethyl adjacent to an activating group) is 1. The van der Waals surface area contributed by atoms with Crippen molar-refractivity contribution in [2.45, 2.75) is 51.1 Å². The van der Waals surface area contributed by atoms with E-state index in [1.165, 1.54) is 19.3 Å². The summed E-state index contributed by atoms with van der Waals surface area (Å²) in [5.41, 5.74) is 0.196. The van der Waals surface area contributed by atoms with Crippen molar-refractivity contribution in [1.29, 1.82) is 0 Å². The van der Waals surface area contributed by atoms with Crippen LogP contribution in [-0.4, -0.2) is 35.5 Å². The Morgan fingerprint density at radius 3 is 2.79 bits per heavy atom. The van der Waals surface area contributed by atoms with Crippen LogP contribution in [0.1, 0.15) is 39.5 Å². The summed E-state index contributed by atoms with van der Waals surface area (Å²) >= 11 is 0. The van der Waals surface area contributed by atoms with Gasteiger partial charge in [-0.25, -0.2) is 0 Å². The number of likely N-dealkylation sites (tertiary alicyclic amines) is 1. The highest BCUT2D eigenvalue weighted by Gasteiger charge is 2.45. The van der Waals surface area contributed by atoms with Crippen LogP contribution >= 0.6 is 0 Å². The van der Waals surface area contributed by atoms with Crippen molar-refractivity contribution in [1.82, 2.24) is 10.2 Å². The molecule has 0 bridgehead atoms. The van der Waals surface area contributed by atoms with Crippen LogP contribution in [0.15, 0.2) is 0 Å². The molecule has 1 amide bonds. The number of nitrogens with one attached hydrogen (secondary N) is 1. The molecular formula is C11H20N2O. The average molecular weight is 196 g/mol. The largest absolute Gasteiger partial charge is 0.336 e. The topological polar surface area (TPSA) is 32.3 Å².